The molecule has 5 nitrogen and oxygen atoms in total. The second kappa shape index (κ2) is 5.54. The Morgan fingerprint density at radius 2 is 2.00 bits per heavy atom. The molecule has 18 heavy (non-hydrogen) atoms. The number of nitrogens with zero attached hydrogens (tertiary/aromatic N) is 2. The fraction of sp³-hybridized carbons (Fsp3) is 0.615. The molecule has 1 saturated heterocycles. The van der Waals surface area contributed by atoms with Gasteiger partial charge in [0.1, 0.15) is 0 Å². The van der Waals surface area contributed by atoms with Crippen LogP contribution in [0, 0.1) is 0 Å². The first-order valence-electron chi connectivity index (χ1n) is 6.45. The summed E-state index contributed by atoms with van der Waals surface area (Å²) in [4.78, 5) is 13.9. The second-order valence-corrected chi connectivity index (χ2v) is 4.68. The number of aromatic nitrogens is 1. The molecule has 2 heterocycles. The van der Waals surface area contributed by atoms with Crippen LogP contribution in [0.5, 0.6) is 5.75 Å². The van der Waals surface area contributed by atoms with Gasteiger partial charge in [-0.1, -0.05) is 0 Å². The Balaban J connectivity index is 2.41. The van der Waals surface area contributed by atoms with E-state index in [9.17, 15) is 15.0 Å². The van der Waals surface area contributed by atoms with E-state index < -0.39 is 5.43 Å². The molecule has 100 valence electrons. The van der Waals surface area contributed by atoms with E-state index in [4.69, 9.17) is 0 Å². The highest BCUT2D eigenvalue weighted by Crippen LogP contribution is 2.19. The van der Waals surface area contributed by atoms with E-state index in [0.717, 1.165) is 25.9 Å². The van der Waals surface area contributed by atoms with Gasteiger partial charge < -0.3 is 14.8 Å². The predicted octanol–water partition coefficient (Wildman–Crippen LogP) is 0.662. The molecule has 0 bridgehead atoms. The fourth-order valence-corrected chi connectivity index (χ4v) is 2.58. The fourth-order valence-electron chi connectivity index (χ4n) is 2.58. The molecule has 1 aromatic heterocycles. The number of likely N-dealkylation sites (tertiary alicyclic amines) is 1. The van der Waals surface area contributed by atoms with Gasteiger partial charge in [-0.3, -0.25) is 9.69 Å². The maximum absolute atomic E-state index is 11.7. The third-order valence-electron chi connectivity index (χ3n) is 3.53. The van der Waals surface area contributed by atoms with Crippen LogP contribution >= 0.6 is 0 Å². The quantitative estimate of drug-likeness (QED) is 0.826. The Hall–Kier alpha value is -1.33. The largest absolute Gasteiger partial charge is 0.503 e. The van der Waals surface area contributed by atoms with Crippen LogP contribution in [-0.4, -0.2) is 32.8 Å². The third-order valence-corrected chi connectivity index (χ3v) is 3.53. The van der Waals surface area contributed by atoms with Crippen molar-refractivity contribution in [2.24, 2.45) is 0 Å². The highest BCUT2D eigenvalue weighted by atomic mass is 16.3. The Bertz CT molecular complexity index is 476. The van der Waals surface area contributed by atoms with E-state index in [1.165, 1.54) is 6.07 Å². The summed E-state index contributed by atoms with van der Waals surface area (Å²) < 4.78 is 1.83. The molecule has 0 aromatic carbocycles. The highest BCUT2D eigenvalue weighted by Gasteiger charge is 2.19. The van der Waals surface area contributed by atoms with Gasteiger partial charge >= 0.3 is 0 Å². The van der Waals surface area contributed by atoms with Crippen LogP contribution in [0.2, 0.25) is 0 Å². The van der Waals surface area contributed by atoms with Gasteiger partial charge in [-0.05, 0) is 32.9 Å². The number of rotatable bonds is 4. The molecule has 1 aliphatic heterocycles. The Kier molecular flexibility index (Phi) is 4.04. The maximum Gasteiger partial charge on any atom is 0.223 e. The lowest BCUT2D eigenvalue weighted by Gasteiger charge is -2.21. The standard InChI is InChI=1S/C13H20N2O3/c1-2-15-10(9-16)7-12(17)13(18)11(15)8-14-5-3-4-6-14/h7,16,18H,2-6,8-9H2,1H3. The Morgan fingerprint density at radius 3 is 2.56 bits per heavy atom. The molecule has 0 spiro atoms. The minimum Gasteiger partial charge on any atom is -0.503 e. The van der Waals surface area contributed by atoms with E-state index in [-0.39, 0.29) is 12.4 Å². The van der Waals surface area contributed by atoms with Crippen molar-refractivity contribution in [1.82, 2.24) is 9.47 Å². The second-order valence-electron chi connectivity index (χ2n) is 4.68. The summed E-state index contributed by atoms with van der Waals surface area (Å²) in [5.41, 5.74) is 0.781. The summed E-state index contributed by atoms with van der Waals surface area (Å²) in [6.45, 7) is 4.96. The zero-order valence-electron chi connectivity index (χ0n) is 10.7. The summed E-state index contributed by atoms with van der Waals surface area (Å²) in [6, 6.07) is 1.31. The average Bonchev–Trinajstić information content (AvgIpc) is 2.87. The molecule has 0 unspecified atom stereocenters. The third kappa shape index (κ3) is 2.42. The van der Waals surface area contributed by atoms with Gasteiger partial charge in [-0.15, -0.1) is 0 Å². The Morgan fingerprint density at radius 1 is 1.33 bits per heavy atom. The van der Waals surface area contributed by atoms with Crippen LogP contribution in [0.15, 0.2) is 10.9 Å². The summed E-state index contributed by atoms with van der Waals surface area (Å²) in [7, 11) is 0. The van der Waals surface area contributed by atoms with Crippen molar-refractivity contribution in [3.05, 3.63) is 27.7 Å². The van der Waals surface area contributed by atoms with E-state index >= 15 is 0 Å². The summed E-state index contributed by atoms with van der Waals surface area (Å²) >= 11 is 0. The van der Waals surface area contributed by atoms with Crippen molar-refractivity contribution in [3.8, 4) is 5.75 Å². The normalized spacial score (nSPS) is 16.3. The molecule has 0 aliphatic carbocycles. The average molecular weight is 252 g/mol. The lowest BCUT2D eigenvalue weighted by atomic mass is 10.2. The number of aromatic hydroxyl groups is 1. The Labute approximate surface area is 106 Å². The van der Waals surface area contributed by atoms with Gasteiger partial charge in [0.25, 0.3) is 0 Å². The van der Waals surface area contributed by atoms with Gasteiger partial charge in [0, 0.05) is 24.8 Å². The zero-order chi connectivity index (χ0) is 13.1. The van der Waals surface area contributed by atoms with Crippen LogP contribution in [0.1, 0.15) is 31.2 Å². The van der Waals surface area contributed by atoms with E-state index in [2.05, 4.69) is 4.90 Å². The highest BCUT2D eigenvalue weighted by molar-refractivity contribution is 5.30. The van der Waals surface area contributed by atoms with Crippen molar-refractivity contribution in [2.45, 2.75) is 39.5 Å². The van der Waals surface area contributed by atoms with Crippen LogP contribution in [-0.2, 0) is 19.7 Å². The summed E-state index contributed by atoms with van der Waals surface area (Å²) in [5.74, 6) is -0.180. The van der Waals surface area contributed by atoms with Crippen LogP contribution in [0.3, 0.4) is 0 Å². The molecule has 1 aliphatic rings. The smallest absolute Gasteiger partial charge is 0.223 e. The van der Waals surface area contributed by atoms with Gasteiger partial charge in [-0.2, -0.15) is 0 Å². The van der Waals surface area contributed by atoms with E-state index in [1.54, 1.807) is 0 Å². The van der Waals surface area contributed by atoms with Crippen molar-refractivity contribution < 1.29 is 10.2 Å². The van der Waals surface area contributed by atoms with Crippen molar-refractivity contribution in [1.29, 1.82) is 0 Å². The van der Waals surface area contributed by atoms with Crippen molar-refractivity contribution >= 4 is 0 Å². The van der Waals surface area contributed by atoms with Gasteiger partial charge in [0.15, 0.2) is 5.75 Å². The topological polar surface area (TPSA) is 65.7 Å². The molecule has 0 atom stereocenters. The molecular weight excluding hydrogens is 232 g/mol. The SMILES string of the molecule is CCn1c(CO)cc(=O)c(O)c1CN1CCCC1. The first-order chi connectivity index (χ1) is 8.67. The zero-order valence-corrected chi connectivity index (χ0v) is 10.7. The number of hydrogen-bond acceptors (Lipinski definition) is 4. The number of aliphatic hydroxyl groups excluding tert-OH is 1. The van der Waals surface area contributed by atoms with E-state index in [1.807, 2.05) is 11.5 Å². The molecule has 5 heteroatoms. The minimum absolute atomic E-state index is 0.180. The molecule has 0 saturated carbocycles. The molecule has 2 rings (SSSR count). The van der Waals surface area contributed by atoms with Crippen LogP contribution in [0.25, 0.3) is 0 Å². The van der Waals surface area contributed by atoms with Crippen LogP contribution < -0.4 is 5.43 Å². The monoisotopic (exact) mass is 252 g/mol. The van der Waals surface area contributed by atoms with E-state index in [0.29, 0.717) is 24.5 Å². The van der Waals surface area contributed by atoms with Crippen molar-refractivity contribution in [3.63, 3.8) is 0 Å². The van der Waals surface area contributed by atoms with Crippen molar-refractivity contribution in [2.75, 3.05) is 13.1 Å². The molecule has 2 N–H and O–H groups in total. The first kappa shape index (κ1) is 13.1. The van der Waals surface area contributed by atoms with Gasteiger partial charge in [-0.25, -0.2) is 0 Å². The minimum atomic E-state index is -0.405. The molecular formula is C13H20N2O3. The van der Waals surface area contributed by atoms with Gasteiger partial charge in [0.2, 0.25) is 5.43 Å². The number of pyridine rings is 1. The molecule has 0 amide bonds. The van der Waals surface area contributed by atoms with Crippen LogP contribution in [0.4, 0.5) is 0 Å². The maximum atomic E-state index is 11.7. The number of aliphatic hydroxyl groups is 1. The summed E-state index contributed by atoms with van der Waals surface area (Å²) in [6.07, 6.45) is 2.33. The predicted molar refractivity (Wildman–Crippen MR) is 68.5 cm³/mol. The molecule has 0 radical (unpaired) electrons. The summed E-state index contributed by atoms with van der Waals surface area (Å²) in [5, 5.41) is 19.2. The lowest BCUT2D eigenvalue weighted by Crippen LogP contribution is -2.25. The molecule has 1 aromatic rings. The molecule has 1 fully saturated rings. The lowest BCUT2D eigenvalue weighted by molar-refractivity contribution is 0.262. The van der Waals surface area contributed by atoms with Gasteiger partial charge in [0.05, 0.1) is 12.3 Å². The first-order valence-corrected chi connectivity index (χ1v) is 6.45. The number of hydrogen-bond donors (Lipinski definition) is 2.